The lowest BCUT2D eigenvalue weighted by Gasteiger charge is -2.08. The minimum Gasteiger partial charge on any atom is -0.492 e. The number of benzene rings is 1. The molecule has 0 spiro atoms. The monoisotopic (exact) mass is 312 g/mol. The van der Waals surface area contributed by atoms with Crippen molar-refractivity contribution in [3.63, 3.8) is 0 Å². The molecule has 0 bridgehead atoms. The van der Waals surface area contributed by atoms with E-state index in [1.54, 1.807) is 6.20 Å². The van der Waals surface area contributed by atoms with Gasteiger partial charge in [0.2, 0.25) is 0 Å². The molecule has 1 N–H and O–H groups in total. The van der Waals surface area contributed by atoms with Crippen molar-refractivity contribution >= 4 is 11.7 Å². The second kappa shape index (κ2) is 7.18. The van der Waals surface area contributed by atoms with Crippen LogP contribution in [-0.4, -0.2) is 27.3 Å². The van der Waals surface area contributed by atoms with E-state index < -0.39 is 5.97 Å². The predicted octanol–water partition coefficient (Wildman–Crippen LogP) is 2.49. The van der Waals surface area contributed by atoms with Crippen LogP contribution in [-0.2, 0) is 19.0 Å². The van der Waals surface area contributed by atoms with Crippen molar-refractivity contribution in [3.8, 4) is 6.07 Å². The Hall–Kier alpha value is -3.20. The van der Waals surface area contributed by atoms with Crippen LogP contribution in [0, 0.1) is 11.3 Å². The summed E-state index contributed by atoms with van der Waals surface area (Å²) >= 11 is 0. The average Bonchev–Trinajstić information content (AvgIpc) is 2.92. The second-order valence-corrected chi connectivity index (χ2v) is 4.49. The van der Waals surface area contributed by atoms with Crippen LogP contribution < -0.4 is 5.32 Å². The van der Waals surface area contributed by atoms with E-state index in [2.05, 4.69) is 5.32 Å². The fourth-order valence-electron chi connectivity index (χ4n) is 2.24. The summed E-state index contributed by atoms with van der Waals surface area (Å²) in [5.41, 5.74) is 1.52. The van der Waals surface area contributed by atoms with Gasteiger partial charge in [-0.3, -0.25) is 0 Å². The van der Waals surface area contributed by atoms with Gasteiger partial charge in [0, 0.05) is 17.5 Å². The number of nitriles is 1. The lowest BCUT2D eigenvalue weighted by atomic mass is 10.1. The maximum Gasteiger partial charge on any atom is 0.342 e. The number of nitrogens with zero attached hydrogens (tertiary/aromatic N) is 1. The number of anilines is 1. The number of hydrogen-bond acceptors (Lipinski definition) is 6. The first-order chi connectivity index (χ1) is 11.2. The second-order valence-electron chi connectivity index (χ2n) is 4.49. The van der Waals surface area contributed by atoms with Crippen LogP contribution in [0.3, 0.4) is 0 Å². The Bertz CT molecular complexity index is 740. The molecule has 1 aromatic carbocycles. The van der Waals surface area contributed by atoms with Crippen LogP contribution in [0.4, 0.5) is 5.69 Å². The molecule has 6 heteroatoms. The van der Waals surface area contributed by atoms with E-state index in [0.29, 0.717) is 5.57 Å². The summed E-state index contributed by atoms with van der Waals surface area (Å²) in [6.07, 6.45) is 1.56. The van der Waals surface area contributed by atoms with Crippen molar-refractivity contribution in [1.82, 2.24) is 0 Å². The van der Waals surface area contributed by atoms with Crippen molar-refractivity contribution in [2.24, 2.45) is 0 Å². The van der Waals surface area contributed by atoms with Crippen LogP contribution in [0.15, 0.2) is 64.8 Å². The van der Waals surface area contributed by atoms with Gasteiger partial charge in [0.05, 0.1) is 21.3 Å². The number of ether oxygens (including phenoxy) is 3. The molecule has 0 saturated heterocycles. The zero-order valence-electron chi connectivity index (χ0n) is 13.0. The molecule has 6 nitrogen and oxygen atoms in total. The number of hydrogen-bond donors (Lipinski definition) is 1. The third kappa shape index (κ3) is 3.04. The number of methoxy groups -OCH3 is 3. The number of allylic oxidation sites excluding steroid dienone is 1. The summed E-state index contributed by atoms with van der Waals surface area (Å²) in [5.74, 6) is -0.226. The van der Waals surface area contributed by atoms with Crippen LogP contribution in [0.25, 0.3) is 0 Å². The highest BCUT2D eigenvalue weighted by Crippen LogP contribution is 2.38. The first-order valence-corrected chi connectivity index (χ1v) is 6.75. The van der Waals surface area contributed by atoms with Crippen molar-refractivity contribution in [3.05, 3.63) is 64.8 Å². The summed E-state index contributed by atoms with van der Waals surface area (Å²) in [5, 5.41) is 12.5. The Labute approximate surface area is 134 Å². The number of para-hydroxylation sites is 1. The number of carbonyl (C=O) groups excluding carboxylic acids is 1. The quantitative estimate of drug-likeness (QED) is 0.841. The normalized spacial score (nSPS) is 15.5. The van der Waals surface area contributed by atoms with E-state index in [9.17, 15) is 10.1 Å². The van der Waals surface area contributed by atoms with Gasteiger partial charge >= 0.3 is 5.97 Å². The minimum atomic E-state index is -0.609. The third-order valence-corrected chi connectivity index (χ3v) is 3.27. The molecule has 1 aliphatic carbocycles. The molecule has 0 aliphatic heterocycles. The third-order valence-electron chi connectivity index (χ3n) is 3.27. The highest BCUT2D eigenvalue weighted by Gasteiger charge is 2.36. The number of nitrogens with one attached hydrogen (secondary N) is 1. The standard InChI is InChI=1S/C17H16N2O4/c1-21-15-12(9-18)13(10-19-11-7-5-4-6-8-11)14(16(15)22-2)17(20)23-3/h4-8,10,19H,1-3H3/b13-10+. The summed E-state index contributed by atoms with van der Waals surface area (Å²) in [4.78, 5) is 12.1. The fourth-order valence-corrected chi connectivity index (χ4v) is 2.24. The molecule has 0 atom stereocenters. The van der Waals surface area contributed by atoms with Crippen molar-refractivity contribution < 1.29 is 19.0 Å². The zero-order valence-corrected chi connectivity index (χ0v) is 13.0. The van der Waals surface area contributed by atoms with E-state index >= 15 is 0 Å². The molecular weight excluding hydrogens is 296 g/mol. The fraction of sp³-hybridized carbons (Fsp3) is 0.176. The van der Waals surface area contributed by atoms with Crippen LogP contribution in [0.1, 0.15) is 0 Å². The van der Waals surface area contributed by atoms with E-state index in [-0.39, 0.29) is 22.7 Å². The van der Waals surface area contributed by atoms with Crippen LogP contribution in [0.5, 0.6) is 0 Å². The Balaban J connectivity index is 2.52. The Morgan fingerprint density at radius 3 is 2.30 bits per heavy atom. The van der Waals surface area contributed by atoms with Gasteiger partial charge in [-0.1, -0.05) is 18.2 Å². The average molecular weight is 312 g/mol. The summed E-state index contributed by atoms with van der Waals surface area (Å²) < 4.78 is 15.3. The summed E-state index contributed by atoms with van der Waals surface area (Å²) in [7, 11) is 4.08. The maximum atomic E-state index is 12.1. The predicted molar refractivity (Wildman–Crippen MR) is 83.8 cm³/mol. The van der Waals surface area contributed by atoms with E-state index in [4.69, 9.17) is 14.2 Å². The Kier molecular flexibility index (Phi) is 5.05. The molecule has 0 amide bonds. The molecular formula is C17H16N2O4. The summed E-state index contributed by atoms with van der Waals surface area (Å²) in [6.45, 7) is 0. The number of esters is 1. The van der Waals surface area contributed by atoms with Gasteiger partial charge in [0.15, 0.2) is 11.5 Å². The van der Waals surface area contributed by atoms with Crippen LogP contribution >= 0.6 is 0 Å². The van der Waals surface area contributed by atoms with Gasteiger partial charge in [-0.15, -0.1) is 0 Å². The van der Waals surface area contributed by atoms with Crippen molar-refractivity contribution in [2.75, 3.05) is 26.6 Å². The van der Waals surface area contributed by atoms with E-state index in [1.165, 1.54) is 21.3 Å². The molecule has 0 saturated carbocycles. The van der Waals surface area contributed by atoms with Gasteiger partial charge < -0.3 is 19.5 Å². The first-order valence-electron chi connectivity index (χ1n) is 6.75. The molecule has 2 rings (SSSR count). The Morgan fingerprint density at radius 2 is 1.78 bits per heavy atom. The number of carbonyl (C=O) groups is 1. The lowest BCUT2D eigenvalue weighted by molar-refractivity contribution is -0.136. The van der Waals surface area contributed by atoms with E-state index in [1.807, 2.05) is 36.4 Å². The molecule has 0 aromatic heterocycles. The summed E-state index contributed by atoms with van der Waals surface area (Å²) in [6, 6.07) is 11.4. The molecule has 0 radical (unpaired) electrons. The molecule has 23 heavy (non-hydrogen) atoms. The number of rotatable bonds is 5. The highest BCUT2D eigenvalue weighted by molar-refractivity contribution is 5.99. The largest absolute Gasteiger partial charge is 0.492 e. The Morgan fingerprint density at radius 1 is 1.13 bits per heavy atom. The van der Waals surface area contributed by atoms with Crippen molar-refractivity contribution in [2.45, 2.75) is 0 Å². The lowest BCUT2D eigenvalue weighted by Crippen LogP contribution is -2.09. The molecule has 0 unspecified atom stereocenters. The van der Waals surface area contributed by atoms with Crippen LogP contribution in [0.2, 0.25) is 0 Å². The van der Waals surface area contributed by atoms with Gasteiger partial charge in [0.25, 0.3) is 0 Å². The van der Waals surface area contributed by atoms with Gasteiger partial charge in [-0.05, 0) is 12.1 Å². The topological polar surface area (TPSA) is 80.6 Å². The van der Waals surface area contributed by atoms with Gasteiger partial charge in [0.1, 0.15) is 17.2 Å². The van der Waals surface area contributed by atoms with Crippen molar-refractivity contribution in [1.29, 1.82) is 5.26 Å². The van der Waals surface area contributed by atoms with Gasteiger partial charge in [-0.25, -0.2) is 4.79 Å². The zero-order chi connectivity index (χ0) is 16.8. The minimum absolute atomic E-state index is 0.145. The molecule has 1 aromatic rings. The maximum absolute atomic E-state index is 12.1. The van der Waals surface area contributed by atoms with Gasteiger partial charge in [-0.2, -0.15) is 5.26 Å². The molecule has 0 fully saturated rings. The van der Waals surface area contributed by atoms with E-state index in [0.717, 1.165) is 5.69 Å². The molecule has 1 aliphatic rings. The highest BCUT2D eigenvalue weighted by atomic mass is 16.5. The SMILES string of the molecule is COC(=O)C1=C(OC)C(OC)=C(C#N)/C1=C\Nc1ccccc1. The first kappa shape index (κ1) is 16.2. The smallest absolute Gasteiger partial charge is 0.342 e. The molecule has 0 heterocycles. The molecule has 118 valence electrons.